The van der Waals surface area contributed by atoms with Crippen molar-refractivity contribution in [1.82, 2.24) is 10.3 Å². The van der Waals surface area contributed by atoms with Gasteiger partial charge in [-0.25, -0.2) is 9.37 Å². The van der Waals surface area contributed by atoms with E-state index in [1.54, 1.807) is 26.0 Å². The van der Waals surface area contributed by atoms with E-state index in [4.69, 9.17) is 23.2 Å². The lowest BCUT2D eigenvalue weighted by Crippen LogP contribution is -2.27. The molecule has 3 nitrogen and oxygen atoms in total. The van der Waals surface area contributed by atoms with Crippen LogP contribution in [0.2, 0.25) is 10.2 Å². The van der Waals surface area contributed by atoms with Gasteiger partial charge in [-0.05, 0) is 37.1 Å². The summed E-state index contributed by atoms with van der Waals surface area (Å²) < 4.78 is 13.6. The van der Waals surface area contributed by atoms with Crippen molar-refractivity contribution >= 4 is 29.1 Å². The number of aryl methyl sites for hydroxylation is 1. The van der Waals surface area contributed by atoms with E-state index in [1.165, 1.54) is 18.3 Å². The number of aromatic nitrogens is 1. The van der Waals surface area contributed by atoms with Gasteiger partial charge in [-0.1, -0.05) is 35.3 Å². The number of hydrogen-bond acceptors (Lipinski definition) is 2. The summed E-state index contributed by atoms with van der Waals surface area (Å²) in [5.41, 5.74) is 1.46. The molecule has 2 rings (SSSR count). The van der Waals surface area contributed by atoms with Crippen LogP contribution in [-0.2, 0) is 0 Å². The molecule has 2 aromatic rings. The molecule has 1 aromatic carbocycles. The van der Waals surface area contributed by atoms with E-state index in [0.717, 1.165) is 0 Å². The van der Waals surface area contributed by atoms with Crippen LogP contribution in [0.3, 0.4) is 0 Å². The zero-order valence-electron chi connectivity index (χ0n) is 11.5. The summed E-state index contributed by atoms with van der Waals surface area (Å²) in [6, 6.07) is 5.87. The van der Waals surface area contributed by atoms with Gasteiger partial charge in [0.2, 0.25) is 0 Å². The molecule has 21 heavy (non-hydrogen) atoms. The minimum Gasteiger partial charge on any atom is -0.345 e. The van der Waals surface area contributed by atoms with Gasteiger partial charge in [0.25, 0.3) is 5.91 Å². The predicted octanol–water partition coefficient (Wildman–Crippen LogP) is 4.33. The molecule has 0 aliphatic rings. The van der Waals surface area contributed by atoms with Gasteiger partial charge in [0.05, 0.1) is 16.6 Å². The second-order valence-electron chi connectivity index (χ2n) is 4.69. The van der Waals surface area contributed by atoms with Gasteiger partial charge in [-0.3, -0.25) is 4.79 Å². The molecule has 0 aliphatic heterocycles. The van der Waals surface area contributed by atoms with Crippen LogP contribution in [0, 0.1) is 12.7 Å². The zero-order valence-corrected chi connectivity index (χ0v) is 13.0. The maximum Gasteiger partial charge on any atom is 0.253 e. The number of carbonyl (C=O) groups is 1. The van der Waals surface area contributed by atoms with E-state index >= 15 is 0 Å². The summed E-state index contributed by atoms with van der Waals surface area (Å²) in [5.74, 6) is -0.698. The summed E-state index contributed by atoms with van der Waals surface area (Å²) >= 11 is 11.7. The number of rotatable bonds is 3. The van der Waals surface area contributed by atoms with Crippen LogP contribution >= 0.6 is 23.2 Å². The van der Waals surface area contributed by atoms with Crippen molar-refractivity contribution in [2.24, 2.45) is 0 Å². The molecule has 1 aromatic heterocycles. The summed E-state index contributed by atoms with van der Waals surface area (Å²) in [6.45, 7) is 3.44. The van der Waals surface area contributed by atoms with Crippen LogP contribution in [0.25, 0.3) is 0 Å². The fraction of sp³-hybridized carbons (Fsp3) is 0.200. The van der Waals surface area contributed by atoms with Crippen LogP contribution < -0.4 is 5.32 Å². The maximum atomic E-state index is 13.6. The first kappa shape index (κ1) is 15.7. The van der Waals surface area contributed by atoms with Gasteiger partial charge in [0.1, 0.15) is 11.0 Å². The van der Waals surface area contributed by atoms with Crippen molar-refractivity contribution in [2.45, 2.75) is 19.9 Å². The van der Waals surface area contributed by atoms with E-state index < -0.39 is 5.91 Å². The van der Waals surface area contributed by atoms with Gasteiger partial charge in [0, 0.05) is 6.20 Å². The number of halogens is 3. The average molecular weight is 327 g/mol. The number of amides is 1. The van der Waals surface area contributed by atoms with Crippen LogP contribution in [0.15, 0.2) is 30.5 Å². The predicted molar refractivity (Wildman–Crippen MR) is 81.3 cm³/mol. The molecular formula is C15H13Cl2FN2O. The lowest BCUT2D eigenvalue weighted by Gasteiger charge is -2.15. The number of carbonyl (C=O) groups excluding carboxylic acids is 1. The molecule has 6 heteroatoms. The molecule has 0 bridgehead atoms. The molecule has 1 unspecified atom stereocenters. The molecule has 0 saturated carbocycles. The Labute approximate surface area is 132 Å². The van der Waals surface area contributed by atoms with Crippen LogP contribution in [0.4, 0.5) is 4.39 Å². The van der Waals surface area contributed by atoms with Crippen molar-refractivity contribution in [2.75, 3.05) is 0 Å². The first-order valence-corrected chi connectivity index (χ1v) is 7.02. The molecular weight excluding hydrogens is 314 g/mol. The Morgan fingerprint density at radius 3 is 2.71 bits per heavy atom. The summed E-state index contributed by atoms with van der Waals surface area (Å²) in [5, 5.41) is 3.14. The minimum atomic E-state index is -0.391. The third-order valence-electron chi connectivity index (χ3n) is 3.11. The SMILES string of the molecule is Cc1ccc(C(C)NC(=O)c2cc(Cl)ncc2Cl)cc1F. The first-order valence-electron chi connectivity index (χ1n) is 6.26. The highest BCUT2D eigenvalue weighted by Gasteiger charge is 2.16. The van der Waals surface area contributed by atoms with E-state index in [9.17, 15) is 9.18 Å². The molecule has 1 N–H and O–H groups in total. The Morgan fingerprint density at radius 1 is 1.33 bits per heavy atom. The number of nitrogens with one attached hydrogen (secondary N) is 1. The largest absolute Gasteiger partial charge is 0.345 e. The van der Waals surface area contributed by atoms with E-state index in [0.29, 0.717) is 11.1 Å². The third-order valence-corrected chi connectivity index (χ3v) is 3.62. The molecule has 0 aliphatic carbocycles. The molecule has 0 spiro atoms. The highest BCUT2D eigenvalue weighted by molar-refractivity contribution is 6.35. The Balaban J connectivity index is 2.18. The molecule has 110 valence electrons. The maximum absolute atomic E-state index is 13.6. The molecule has 0 saturated heterocycles. The molecule has 1 atom stereocenters. The van der Waals surface area contributed by atoms with E-state index in [2.05, 4.69) is 10.3 Å². The molecule has 1 heterocycles. The van der Waals surface area contributed by atoms with Gasteiger partial charge in [-0.2, -0.15) is 0 Å². The summed E-state index contributed by atoms with van der Waals surface area (Å²) in [6.07, 6.45) is 1.31. The smallest absolute Gasteiger partial charge is 0.253 e. The number of hydrogen-bond donors (Lipinski definition) is 1. The highest BCUT2D eigenvalue weighted by atomic mass is 35.5. The molecule has 1 amide bonds. The van der Waals surface area contributed by atoms with Gasteiger partial charge in [0.15, 0.2) is 0 Å². The van der Waals surface area contributed by atoms with Crippen LogP contribution in [0.5, 0.6) is 0 Å². The van der Waals surface area contributed by atoms with Gasteiger partial charge in [-0.15, -0.1) is 0 Å². The quantitative estimate of drug-likeness (QED) is 0.853. The fourth-order valence-electron chi connectivity index (χ4n) is 1.82. The minimum absolute atomic E-state index is 0.179. The first-order chi connectivity index (χ1) is 9.88. The van der Waals surface area contributed by atoms with E-state index in [-0.39, 0.29) is 27.6 Å². The zero-order chi connectivity index (χ0) is 15.6. The van der Waals surface area contributed by atoms with Crippen molar-refractivity contribution in [3.05, 3.63) is 63.1 Å². The Kier molecular flexibility index (Phi) is 4.80. The van der Waals surface area contributed by atoms with Crippen molar-refractivity contribution < 1.29 is 9.18 Å². The molecule has 0 radical (unpaired) electrons. The second kappa shape index (κ2) is 6.41. The van der Waals surface area contributed by atoms with Crippen molar-refractivity contribution in [1.29, 1.82) is 0 Å². The van der Waals surface area contributed by atoms with Crippen LogP contribution in [0.1, 0.15) is 34.5 Å². The number of pyridine rings is 1. The fourth-order valence-corrected chi connectivity index (χ4v) is 2.17. The summed E-state index contributed by atoms with van der Waals surface area (Å²) in [4.78, 5) is 16.0. The molecule has 0 fully saturated rings. The standard InChI is InChI=1S/C15H13Cl2FN2O/c1-8-3-4-10(5-13(8)18)9(2)20-15(21)11-6-14(17)19-7-12(11)16/h3-7,9H,1-2H3,(H,20,21). The number of nitrogens with zero attached hydrogens (tertiary/aromatic N) is 1. The monoisotopic (exact) mass is 326 g/mol. The van der Waals surface area contributed by atoms with Gasteiger partial charge >= 0.3 is 0 Å². The summed E-state index contributed by atoms with van der Waals surface area (Å²) in [7, 11) is 0. The Hall–Kier alpha value is -1.65. The number of benzene rings is 1. The normalized spacial score (nSPS) is 12.0. The topological polar surface area (TPSA) is 42.0 Å². The van der Waals surface area contributed by atoms with Crippen LogP contribution in [-0.4, -0.2) is 10.9 Å². The van der Waals surface area contributed by atoms with E-state index in [1.807, 2.05) is 0 Å². The lowest BCUT2D eigenvalue weighted by molar-refractivity contribution is 0.0940. The lowest BCUT2D eigenvalue weighted by atomic mass is 10.1. The third kappa shape index (κ3) is 3.71. The van der Waals surface area contributed by atoms with Crippen molar-refractivity contribution in [3.63, 3.8) is 0 Å². The Bertz CT molecular complexity index is 691. The second-order valence-corrected chi connectivity index (χ2v) is 5.49. The van der Waals surface area contributed by atoms with Gasteiger partial charge < -0.3 is 5.32 Å². The average Bonchev–Trinajstić information content (AvgIpc) is 2.44. The van der Waals surface area contributed by atoms with Crippen molar-refractivity contribution in [3.8, 4) is 0 Å². The highest BCUT2D eigenvalue weighted by Crippen LogP contribution is 2.20. The Morgan fingerprint density at radius 2 is 2.05 bits per heavy atom.